The molecule has 1 amide bonds. The van der Waals surface area contributed by atoms with Crippen molar-refractivity contribution in [1.29, 1.82) is 0 Å². The van der Waals surface area contributed by atoms with Gasteiger partial charge in [-0.2, -0.15) is 0 Å². The Kier molecular flexibility index (Phi) is 7.33. The number of amides is 1. The molecule has 9 heteroatoms. The molecule has 0 saturated carbocycles. The lowest BCUT2D eigenvalue weighted by molar-refractivity contribution is -0.114. The highest BCUT2D eigenvalue weighted by Crippen LogP contribution is 2.32. The Morgan fingerprint density at radius 1 is 1.03 bits per heavy atom. The summed E-state index contributed by atoms with van der Waals surface area (Å²) in [5.74, 6) is 0.807. The van der Waals surface area contributed by atoms with Crippen LogP contribution in [0.3, 0.4) is 0 Å². The van der Waals surface area contributed by atoms with Crippen LogP contribution in [0.5, 0.6) is 17.2 Å². The average Bonchev–Trinajstić information content (AvgIpc) is 2.66. The van der Waals surface area contributed by atoms with Gasteiger partial charge in [0.1, 0.15) is 12.3 Å². The van der Waals surface area contributed by atoms with Crippen molar-refractivity contribution in [1.82, 2.24) is 0 Å². The number of benzene rings is 2. The van der Waals surface area contributed by atoms with Crippen LogP contribution in [0.15, 0.2) is 42.5 Å². The lowest BCUT2D eigenvalue weighted by Crippen LogP contribution is -2.37. The number of hydrogen-bond acceptors (Lipinski definition) is 6. The Balaban J connectivity index is 2.27. The van der Waals surface area contributed by atoms with Crippen LogP contribution in [0.2, 0.25) is 0 Å². The van der Waals surface area contributed by atoms with E-state index in [-0.39, 0.29) is 11.8 Å². The number of nitrogens with one attached hydrogen (secondary N) is 1. The molecular formula is C20H26N2O6S. The van der Waals surface area contributed by atoms with Gasteiger partial charge in [0.05, 0.1) is 38.0 Å². The molecule has 0 fully saturated rings. The van der Waals surface area contributed by atoms with Crippen molar-refractivity contribution in [2.45, 2.75) is 20.0 Å². The van der Waals surface area contributed by atoms with E-state index in [2.05, 4.69) is 5.32 Å². The first-order valence-corrected chi connectivity index (χ1v) is 10.8. The van der Waals surface area contributed by atoms with E-state index in [0.717, 1.165) is 10.6 Å². The third-order valence-electron chi connectivity index (χ3n) is 3.87. The molecule has 2 rings (SSSR count). The summed E-state index contributed by atoms with van der Waals surface area (Å²) in [7, 11) is -0.803. The fraction of sp³-hybridized carbons (Fsp3) is 0.350. The Morgan fingerprint density at radius 3 is 2.28 bits per heavy atom. The van der Waals surface area contributed by atoms with Crippen molar-refractivity contribution in [3.05, 3.63) is 42.5 Å². The van der Waals surface area contributed by atoms with Crippen LogP contribution in [-0.2, 0) is 14.8 Å². The van der Waals surface area contributed by atoms with Crippen LogP contribution in [0, 0.1) is 0 Å². The highest BCUT2D eigenvalue weighted by Gasteiger charge is 2.23. The van der Waals surface area contributed by atoms with Crippen LogP contribution in [-0.4, -0.2) is 47.4 Å². The van der Waals surface area contributed by atoms with Crippen molar-refractivity contribution in [2.75, 3.05) is 36.6 Å². The number of hydrogen-bond donors (Lipinski definition) is 1. The highest BCUT2D eigenvalue weighted by molar-refractivity contribution is 7.92. The lowest BCUT2D eigenvalue weighted by Gasteiger charge is -2.23. The SMILES string of the molecule is COc1ccc(N(CC(=O)Nc2ccccc2OC(C)C)S(C)(=O)=O)cc1OC. The summed E-state index contributed by atoms with van der Waals surface area (Å²) in [6.07, 6.45) is 0.958. The van der Waals surface area contributed by atoms with Crippen molar-refractivity contribution < 1.29 is 27.4 Å². The molecule has 0 aliphatic rings. The number of ether oxygens (including phenoxy) is 3. The summed E-state index contributed by atoms with van der Waals surface area (Å²) in [6, 6.07) is 11.6. The standard InChI is InChI=1S/C20H26N2O6S/c1-14(2)28-17-9-7-6-8-16(17)21-20(23)13-22(29(5,24)25)15-10-11-18(26-3)19(12-15)27-4/h6-12,14H,13H2,1-5H3,(H,21,23). The minimum Gasteiger partial charge on any atom is -0.493 e. The molecule has 0 saturated heterocycles. The number of methoxy groups -OCH3 is 2. The van der Waals surface area contributed by atoms with Gasteiger partial charge >= 0.3 is 0 Å². The van der Waals surface area contributed by atoms with Crippen LogP contribution in [0.4, 0.5) is 11.4 Å². The van der Waals surface area contributed by atoms with E-state index in [1.54, 1.807) is 36.4 Å². The molecule has 0 aliphatic carbocycles. The average molecular weight is 423 g/mol. The second kappa shape index (κ2) is 9.51. The number of nitrogens with zero attached hydrogens (tertiary/aromatic N) is 1. The van der Waals surface area contributed by atoms with Gasteiger partial charge in [-0.1, -0.05) is 12.1 Å². The first-order chi connectivity index (χ1) is 13.7. The number of para-hydroxylation sites is 2. The molecule has 1 N–H and O–H groups in total. The highest BCUT2D eigenvalue weighted by atomic mass is 32.2. The third kappa shape index (κ3) is 6.02. The topological polar surface area (TPSA) is 94.2 Å². The zero-order valence-electron chi connectivity index (χ0n) is 17.1. The largest absolute Gasteiger partial charge is 0.493 e. The van der Waals surface area contributed by atoms with Gasteiger partial charge in [-0.05, 0) is 38.1 Å². The van der Waals surface area contributed by atoms with Gasteiger partial charge in [-0.3, -0.25) is 9.10 Å². The minimum atomic E-state index is -3.73. The molecule has 0 unspecified atom stereocenters. The normalized spacial score (nSPS) is 11.1. The Labute approximate surface area is 171 Å². The molecule has 2 aromatic carbocycles. The van der Waals surface area contributed by atoms with Gasteiger partial charge < -0.3 is 19.5 Å². The zero-order chi connectivity index (χ0) is 21.6. The molecule has 158 valence electrons. The van der Waals surface area contributed by atoms with Crippen LogP contribution in [0.1, 0.15) is 13.8 Å². The van der Waals surface area contributed by atoms with E-state index >= 15 is 0 Å². The quantitative estimate of drug-likeness (QED) is 0.668. The number of anilines is 2. The molecule has 0 aliphatic heterocycles. The van der Waals surface area contributed by atoms with E-state index in [0.29, 0.717) is 22.9 Å². The Hall–Kier alpha value is -2.94. The van der Waals surface area contributed by atoms with Crippen molar-refractivity contribution >= 4 is 27.3 Å². The summed E-state index contributed by atoms with van der Waals surface area (Å²) in [6.45, 7) is 3.34. The first kappa shape index (κ1) is 22.4. The van der Waals surface area contributed by atoms with Crippen LogP contribution >= 0.6 is 0 Å². The van der Waals surface area contributed by atoms with E-state index < -0.39 is 22.5 Å². The maximum atomic E-state index is 12.6. The fourth-order valence-electron chi connectivity index (χ4n) is 2.63. The molecule has 0 heterocycles. The summed E-state index contributed by atoms with van der Waals surface area (Å²) >= 11 is 0. The van der Waals surface area contributed by atoms with Gasteiger partial charge in [0.25, 0.3) is 0 Å². The van der Waals surface area contributed by atoms with Gasteiger partial charge in [0, 0.05) is 6.07 Å². The van der Waals surface area contributed by atoms with Crippen LogP contribution in [0.25, 0.3) is 0 Å². The first-order valence-electron chi connectivity index (χ1n) is 8.91. The molecule has 8 nitrogen and oxygen atoms in total. The predicted molar refractivity (Wildman–Crippen MR) is 113 cm³/mol. The maximum Gasteiger partial charge on any atom is 0.245 e. The molecular weight excluding hydrogens is 396 g/mol. The second-order valence-electron chi connectivity index (χ2n) is 6.52. The molecule has 0 radical (unpaired) electrons. The third-order valence-corrected chi connectivity index (χ3v) is 5.01. The summed E-state index contributed by atoms with van der Waals surface area (Å²) in [5, 5.41) is 2.71. The molecule has 0 atom stereocenters. The summed E-state index contributed by atoms with van der Waals surface area (Å²) in [4.78, 5) is 12.6. The number of carbonyl (C=O) groups is 1. The zero-order valence-corrected chi connectivity index (χ0v) is 17.9. The summed E-state index contributed by atoms with van der Waals surface area (Å²) < 4.78 is 41.8. The molecule has 0 spiro atoms. The van der Waals surface area contributed by atoms with Gasteiger partial charge in [0.15, 0.2) is 11.5 Å². The molecule has 0 bridgehead atoms. The summed E-state index contributed by atoms with van der Waals surface area (Å²) in [5.41, 5.74) is 0.749. The number of carbonyl (C=O) groups excluding carboxylic acids is 1. The lowest BCUT2D eigenvalue weighted by atomic mass is 10.2. The van der Waals surface area contributed by atoms with Crippen molar-refractivity contribution in [2.24, 2.45) is 0 Å². The minimum absolute atomic E-state index is 0.0765. The van der Waals surface area contributed by atoms with E-state index in [1.165, 1.54) is 20.3 Å². The molecule has 0 aromatic heterocycles. The predicted octanol–water partition coefficient (Wildman–Crippen LogP) is 2.90. The number of sulfonamides is 1. The Morgan fingerprint density at radius 2 is 1.69 bits per heavy atom. The van der Waals surface area contributed by atoms with E-state index in [4.69, 9.17) is 14.2 Å². The Bertz CT molecular complexity index is 959. The molecule has 29 heavy (non-hydrogen) atoms. The van der Waals surface area contributed by atoms with Crippen molar-refractivity contribution in [3.8, 4) is 17.2 Å². The van der Waals surface area contributed by atoms with E-state index in [1.807, 2.05) is 13.8 Å². The maximum absolute atomic E-state index is 12.6. The van der Waals surface area contributed by atoms with Crippen molar-refractivity contribution in [3.63, 3.8) is 0 Å². The van der Waals surface area contributed by atoms with Gasteiger partial charge in [0.2, 0.25) is 15.9 Å². The van der Waals surface area contributed by atoms with Crippen LogP contribution < -0.4 is 23.8 Å². The smallest absolute Gasteiger partial charge is 0.245 e. The van der Waals surface area contributed by atoms with Gasteiger partial charge in [-0.15, -0.1) is 0 Å². The molecule has 2 aromatic rings. The second-order valence-corrected chi connectivity index (χ2v) is 8.43. The van der Waals surface area contributed by atoms with E-state index in [9.17, 15) is 13.2 Å². The van der Waals surface area contributed by atoms with Gasteiger partial charge in [-0.25, -0.2) is 8.42 Å². The monoisotopic (exact) mass is 422 g/mol. The fourth-order valence-corrected chi connectivity index (χ4v) is 3.48. The number of rotatable bonds is 9.